The number of carbonyl (C=O) groups is 3. The third-order valence-electron chi connectivity index (χ3n) is 3.87. The van der Waals surface area contributed by atoms with Gasteiger partial charge in [-0.25, -0.2) is 9.69 Å². The molecule has 26 heavy (non-hydrogen) atoms. The van der Waals surface area contributed by atoms with Crippen molar-refractivity contribution in [3.05, 3.63) is 59.7 Å². The lowest BCUT2D eigenvalue weighted by Crippen LogP contribution is -2.54. The average Bonchev–Trinajstić information content (AvgIpc) is 2.66. The Hall–Kier alpha value is -3.61. The maximum atomic E-state index is 12.8. The van der Waals surface area contributed by atoms with E-state index < -0.39 is 17.8 Å². The van der Waals surface area contributed by atoms with Crippen molar-refractivity contribution < 1.29 is 23.9 Å². The molecule has 2 aromatic carbocycles. The molecule has 3 rings (SSSR count). The topological polar surface area (TPSA) is 84.9 Å². The second-order valence-corrected chi connectivity index (χ2v) is 5.40. The number of benzene rings is 2. The number of ether oxygens (including phenoxy) is 2. The van der Waals surface area contributed by atoms with E-state index in [1.807, 2.05) is 0 Å². The molecule has 0 unspecified atom stereocenters. The summed E-state index contributed by atoms with van der Waals surface area (Å²) in [7, 11) is 3.01. The van der Waals surface area contributed by atoms with Crippen molar-refractivity contribution in [3.63, 3.8) is 0 Å². The lowest BCUT2D eigenvalue weighted by Gasteiger charge is -2.26. The number of imide groups is 2. The molecule has 132 valence electrons. The first-order valence-electron chi connectivity index (χ1n) is 7.73. The third-order valence-corrected chi connectivity index (χ3v) is 3.87. The summed E-state index contributed by atoms with van der Waals surface area (Å²) in [4.78, 5) is 38.1. The number of hydrogen-bond acceptors (Lipinski definition) is 5. The zero-order valence-corrected chi connectivity index (χ0v) is 14.2. The molecule has 1 heterocycles. The summed E-state index contributed by atoms with van der Waals surface area (Å²) in [6.07, 6.45) is 1.40. The van der Waals surface area contributed by atoms with Gasteiger partial charge in [0, 0.05) is 5.56 Å². The molecule has 0 atom stereocenters. The van der Waals surface area contributed by atoms with Crippen LogP contribution in [0.25, 0.3) is 6.08 Å². The van der Waals surface area contributed by atoms with Crippen LogP contribution in [0.3, 0.4) is 0 Å². The zero-order valence-electron chi connectivity index (χ0n) is 14.2. The molecule has 7 nitrogen and oxygen atoms in total. The molecule has 7 heteroatoms. The van der Waals surface area contributed by atoms with Crippen LogP contribution >= 0.6 is 0 Å². The minimum atomic E-state index is -0.803. The SMILES string of the molecule is COc1ccc(N2C(=O)NC(=O)/C(=C\c3ccccc3OC)C2=O)cc1. The predicted molar refractivity (Wildman–Crippen MR) is 95.0 cm³/mol. The summed E-state index contributed by atoms with van der Waals surface area (Å²) < 4.78 is 10.3. The fourth-order valence-electron chi connectivity index (χ4n) is 2.56. The highest BCUT2D eigenvalue weighted by atomic mass is 16.5. The molecule has 4 amide bonds. The highest BCUT2D eigenvalue weighted by Crippen LogP contribution is 2.26. The van der Waals surface area contributed by atoms with Crippen LogP contribution in [-0.2, 0) is 9.59 Å². The maximum Gasteiger partial charge on any atom is 0.335 e. The Balaban J connectivity index is 2.01. The molecule has 1 N–H and O–H groups in total. The minimum Gasteiger partial charge on any atom is -0.497 e. The first kappa shape index (κ1) is 17.2. The normalized spacial score (nSPS) is 15.8. The Kier molecular flexibility index (Phi) is 4.70. The van der Waals surface area contributed by atoms with Crippen LogP contribution in [0.1, 0.15) is 5.56 Å². The molecule has 0 aromatic heterocycles. The average molecular weight is 352 g/mol. The number of amides is 4. The number of carbonyl (C=O) groups excluding carboxylic acids is 3. The van der Waals surface area contributed by atoms with E-state index >= 15 is 0 Å². The van der Waals surface area contributed by atoms with E-state index in [-0.39, 0.29) is 5.57 Å². The summed E-state index contributed by atoms with van der Waals surface area (Å²) >= 11 is 0. The molecule has 0 saturated carbocycles. The Morgan fingerprint density at radius 1 is 0.923 bits per heavy atom. The molecule has 0 radical (unpaired) electrons. The Morgan fingerprint density at radius 2 is 1.62 bits per heavy atom. The van der Waals surface area contributed by atoms with Gasteiger partial charge in [-0.1, -0.05) is 18.2 Å². The molecule has 0 spiro atoms. The van der Waals surface area contributed by atoms with Gasteiger partial charge in [0.1, 0.15) is 17.1 Å². The largest absolute Gasteiger partial charge is 0.497 e. The van der Waals surface area contributed by atoms with Gasteiger partial charge in [0.2, 0.25) is 0 Å². The number of barbiturate groups is 1. The van der Waals surface area contributed by atoms with E-state index in [1.165, 1.54) is 20.3 Å². The number of nitrogens with one attached hydrogen (secondary N) is 1. The number of urea groups is 1. The van der Waals surface area contributed by atoms with Crippen LogP contribution in [0, 0.1) is 0 Å². The molecule has 0 bridgehead atoms. The number of para-hydroxylation sites is 1. The van der Waals surface area contributed by atoms with Crippen molar-refractivity contribution in [1.82, 2.24) is 5.32 Å². The third kappa shape index (κ3) is 3.14. The van der Waals surface area contributed by atoms with Crippen LogP contribution in [-0.4, -0.2) is 32.1 Å². The van der Waals surface area contributed by atoms with Gasteiger partial charge in [0.05, 0.1) is 19.9 Å². The quantitative estimate of drug-likeness (QED) is 0.674. The standard InChI is InChI=1S/C19H16N2O5/c1-25-14-9-7-13(8-10-14)21-18(23)15(17(22)20-19(21)24)11-12-5-3-4-6-16(12)26-2/h3-11H,1-2H3,(H,20,22,24)/b15-11+. The van der Waals surface area contributed by atoms with Gasteiger partial charge in [-0.05, 0) is 36.4 Å². The molecule has 2 aromatic rings. The maximum absolute atomic E-state index is 12.8. The molecular weight excluding hydrogens is 336 g/mol. The molecule has 1 saturated heterocycles. The van der Waals surface area contributed by atoms with Gasteiger partial charge in [0.15, 0.2) is 0 Å². The van der Waals surface area contributed by atoms with Gasteiger partial charge in [-0.15, -0.1) is 0 Å². The Morgan fingerprint density at radius 3 is 2.27 bits per heavy atom. The molecule has 0 aliphatic carbocycles. The first-order chi connectivity index (χ1) is 12.5. The minimum absolute atomic E-state index is 0.162. The summed E-state index contributed by atoms with van der Waals surface area (Å²) in [5.74, 6) is -0.376. The van der Waals surface area contributed by atoms with E-state index in [0.717, 1.165) is 4.90 Å². The van der Waals surface area contributed by atoms with Crippen molar-refractivity contribution in [1.29, 1.82) is 0 Å². The number of rotatable bonds is 4. The second-order valence-electron chi connectivity index (χ2n) is 5.40. The lowest BCUT2D eigenvalue weighted by molar-refractivity contribution is -0.122. The monoisotopic (exact) mass is 352 g/mol. The predicted octanol–water partition coefficient (Wildman–Crippen LogP) is 2.37. The summed E-state index contributed by atoms with van der Waals surface area (Å²) in [6.45, 7) is 0. The van der Waals surface area contributed by atoms with Crippen LogP contribution in [0.5, 0.6) is 11.5 Å². The summed E-state index contributed by atoms with van der Waals surface area (Å²) in [5.41, 5.74) is 0.717. The van der Waals surface area contributed by atoms with Gasteiger partial charge < -0.3 is 9.47 Å². The van der Waals surface area contributed by atoms with E-state index in [9.17, 15) is 14.4 Å². The van der Waals surface area contributed by atoms with Crippen LogP contribution in [0.15, 0.2) is 54.1 Å². The van der Waals surface area contributed by atoms with Crippen molar-refractivity contribution in [2.45, 2.75) is 0 Å². The van der Waals surface area contributed by atoms with Crippen molar-refractivity contribution >= 4 is 29.6 Å². The zero-order chi connectivity index (χ0) is 18.7. The van der Waals surface area contributed by atoms with Gasteiger partial charge >= 0.3 is 6.03 Å². The lowest BCUT2D eigenvalue weighted by atomic mass is 10.1. The molecule has 1 aliphatic heterocycles. The summed E-state index contributed by atoms with van der Waals surface area (Å²) in [6, 6.07) is 12.5. The fourth-order valence-corrected chi connectivity index (χ4v) is 2.56. The highest BCUT2D eigenvalue weighted by molar-refractivity contribution is 6.39. The van der Waals surface area contributed by atoms with E-state index in [2.05, 4.69) is 5.32 Å². The molecular formula is C19H16N2O5. The number of methoxy groups -OCH3 is 2. The van der Waals surface area contributed by atoms with Gasteiger partial charge in [0.25, 0.3) is 11.8 Å². The van der Waals surface area contributed by atoms with E-state index in [0.29, 0.717) is 22.7 Å². The number of nitrogens with zero attached hydrogens (tertiary/aromatic N) is 1. The number of anilines is 1. The fraction of sp³-hybridized carbons (Fsp3) is 0.105. The van der Waals surface area contributed by atoms with Crippen LogP contribution in [0.2, 0.25) is 0 Å². The summed E-state index contributed by atoms with van der Waals surface area (Å²) in [5, 5.41) is 2.18. The van der Waals surface area contributed by atoms with Crippen LogP contribution in [0.4, 0.5) is 10.5 Å². The Labute approximate surface area is 149 Å². The molecule has 1 fully saturated rings. The van der Waals surface area contributed by atoms with Crippen molar-refractivity contribution in [2.24, 2.45) is 0 Å². The highest BCUT2D eigenvalue weighted by Gasteiger charge is 2.36. The smallest absolute Gasteiger partial charge is 0.335 e. The van der Waals surface area contributed by atoms with Crippen molar-refractivity contribution in [2.75, 3.05) is 19.1 Å². The van der Waals surface area contributed by atoms with E-state index in [4.69, 9.17) is 9.47 Å². The van der Waals surface area contributed by atoms with Gasteiger partial charge in [-0.2, -0.15) is 0 Å². The Bertz CT molecular complexity index is 902. The first-order valence-corrected chi connectivity index (χ1v) is 7.73. The van der Waals surface area contributed by atoms with Crippen LogP contribution < -0.4 is 19.7 Å². The molecule has 1 aliphatic rings. The number of hydrogen-bond donors (Lipinski definition) is 1. The van der Waals surface area contributed by atoms with Crippen molar-refractivity contribution in [3.8, 4) is 11.5 Å². The van der Waals surface area contributed by atoms with Gasteiger partial charge in [-0.3, -0.25) is 14.9 Å². The van der Waals surface area contributed by atoms with E-state index in [1.54, 1.807) is 48.5 Å². The second kappa shape index (κ2) is 7.10.